The zero-order valence-electron chi connectivity index (χ0n) is 10.3. The normalized spacial score (nSPS) is 24.3. The number of aryl methyl sites for hydroxylation is 1. The van der Waals surface area contributed by atoms with Gasteiger partial charge in [-0.1, -0.05) is 18.7 Å². The van der Waals surface area contributed by atoms with Gasteiger partial charge in [0.1, 0.15) is 0 Å². The second kappa shape index (κ2) is 5.19. The number of hydrogen-bond acceptors (Lipinski definition) is 5. The summed E-state index contributed by atoms with van der Waals surface area (Å²) >= 11 is 0. The Morgan fingerprint density at radius 1 is 1.56 bits per heavy atom. The molecule has 2 rings (SSSR count). The Kier molecular flexibility index (Phi) is 3.82. The van der Waals surface area contributed by atoms with Crippen LogP contribution in [0.2, 0.25) is 0 Å². The standard InChI is InChI=1S/C11H17N3O3S/c1-3-10-12-11(17-13-10)8-5-6-9(7-8)14-18(15,16)4-2/h4,8-9,14H,2-3,5-7H2,1H3. The second-order valence-electron chi connectivity index (χ2n) is 4.44. The van der Waals surface area contributed by atoms with Gasteiger partial charge < -0.3 is 4.52 Å². The van der Waals surface area contributed by atoms with Crippen LogP contribution in [0.1, 0.15) is 43.8 Å². The molecule has 7 heteroatoms. The predicted octanol–water partition coefficient (Wildman–Crippen LogP) is 1.33. The minimum Gasteiger partial charge on any atom is -0.339 e. The minimum absolute atomic E-state index is 0.0741. The Balaban J connectivity index is 1.98. The molecular weight excluding hydrogens is 254 g/mol. The molecule has 1 N–H and O–H groups in total. The molecule has 2 atom stereocenters. The molecule has 100 valence electrons. The summed E-state index contributed by atoms with van der Waals surface area (Å²) in [4.78, 5) is 4.29. The van der Waals surface area contributed by atoms with E-state index in [0.717, 1.165) is 24.7 Å². The third-order valence-electron chi connectivity index (χ3n) is 3.13. The topological polar surface area (TPSA) is 85.1 Å². The van der Waals surface area contributed by atoms with Gasteiger partial charge in [-0.05, 0) is 19.3 Å². The maximum atomic E-state index is 11.4. The highest BCUT2D eigenvalue weighted by Gasteiger charge is 2.31. The van der Waals surface area contributed by atoms with Gasteiger partial charge in [-0.15, -0.1) is 0 Å². The van der Waals surface area contributed by atoms with E-state index >= 15 is 0 Å². The molecule has 0 amide bonds. The van der Waals surface area contributed by atoms with Gasteiger partial charge in [-0.2, -0.15) is 4.98 Å². The average Bonchev–Trinajstić information content (AvgIpc) is 2.96. The van der Waals surface area contributed by atoms with Gasteiger partial charge in [0, 0.05) is 23.8 Å². The molecule has 0 aromatic carbocycles. The van der Waals surface area contributed by atoms with Gasteiger partial charge in [0.05, 0.1) is 0 Å². The first kappa shape index (κ1) is 13.2. The maximum absolute atomic E-state index is 11.4. The van der Waals surface area contributed by atoms with E-state index in [-0.39, 0.29) is 12.0 Å². The highest BCUT2D eigenvalue weighted by Crippen LogP contribution is 2.33. The van der Waals surface area contributed by atoms with Crippen LogP contribution in [0.3, 0.4) is 0 Å². The quantitative estimate of drug-likeness (QED) is 0.873. The van der Waals surface area contributed by atoms with Crippen molar-refractivity contribution in [1.82, 2.24) is 14.9 Å². The van der Waals surface area contributed by atoms with Crippen molar-refractivity contribution in [3.8, 4) is 0 Å². The first-order valence-corrected chi connectivity index (χ1v) is 7.56. The second-order valence-corrected chi connectivity index (χ2v) is 6.10. The van der Waals surface area contributed by atoms with E-state index in [1.54, 1.807) is 0 Å². The molecule has 0 spiro atoms. The Bertz CT molecular complexity index is 523. The molecule has 1 saturated carbocycles. The van der Waals surface area contributed by atoms with Crippen LogP contribution in [-0.2, 0) is 16.4 Å². The number of nitrogens with one attached hydrogen (secondary N) is 1. The molecule has 6 nitrogen and oxygen atoms in total. The number of aromatic nitrogens is 2. The van der Waals surface area contributed by atoms with Crippen LogP contribution in [0, 0.1) is 0 Å². The Morgan fingerprint density at radius 2 is 2.33 bits per heavy atom. The third kappa shape index (κ3) is 2.97. The number of rotatable bonds is 5. The molecule has 2 unspecified atom stereocenters. The summed E-state index contributed by atoms with van der Waals surface area (Å²) in [6.45, 7) is 5.24. The van der Waals surface area contributed by atoms with Crippen LogP contribution in [0.4, 0.5) is 0 Å². The summed E-state index contributed by atoms with van der Waals surface area (Å²) in [5.74, 6) is 1.46. The van der Waals surface area contributed by atoms with E-state index in [2.05, 4.69) is 21.4 Å². The van der Waals surface area contributed by atoms with Gasteiger partial charge >= 0.3 is 0 Å². The molecule has 1 aromatic rings. The summed E-state index contributed by atoms with van der Waals surface area (Å²) in [6, 6.07) is -0.0741. The van der Waals surface area contributed by atoms with E-state index in [9.17, 15) is 8.42 Å². The predicted molar refractivity (Wildman–Crippen MR) is 66.3 cm³/mol. The summed E-state index contributed by atoms with van der Waals surface area (Å²) in [6.07, 6.45) is 3.07. The van der Waals surface area contributed by atoms with Crippen molar-refractivity contribution >= 4 is 10.0 Å². The Hall–Kier alpha value is -1.21. The Labute approximate surface area is 107 Å². The number of sulfonamides is 1. The van der Waals surface area contributed by atoms with Crippen LogP contribution >= 0.6 is 0 Å². The molecular formula is C11H17N3O3S. The molecule has 1 aliphatic rings. The van der Waals surface area contributed by atoms with Crippen LogP contribution < -0.4 is 4.72 Å². The SMILES string of the molecule is C=CS(=O)(=O)NC1CCC(c2nc(CC)no2)C1. The average molecular weight is 271 g/mol. The van der Waals surface area contributed by atoms with Crippen molar-refractivity contribution in [2.45, 2.75) is 44.6 Å². The zero-order valence-corrected chi connectivity index (χ0v) is 11.1. The summed E-state index contributed by atoms with van der Waals surface area (Å²) in [7, 11) is -3.36. The lowest BCUT2D eigenvalue weighted by atomic mass is 10.1. The van der Waals surface area contributed by atoms with Gasteiger partial charge in [0.2, 0.25) is 15.9 Å². The molecule has 0 saturated heterocycles. The minimum atomic E-state index is -3.36. The van der Waals surface area contributed by atoms with Gasteiger partial charge in [-0.3, -0.25) is 0 Å². The molecule has 0 radical (unpaired) electrons. The first-order valence-electron chi connectivity index (χ1n) is 6.01. The fourth-order valence-electron chi connectivity index (χ4n) is 2.17. The maximum Gasteiger partial charge on any atom is 0.233 e. The van der Waals surface area contributed by atoms with Crippen molar-refractivity contribution in [2.75, 3.05) is 0 Å². The van der Waals surface area contributed by atoms with Crippen LogP contribution in [0.25, 0.3) is 0 Å². The van der Waals surface area contributed by atoms with Gasteiger partial charge in [0.25, 0.3) is 0 Å². The monoisotopic (exact) mass is 271 g/mol. The van der Waals surface area contributed by atoms with E-state index in [4.69, 9.17) is 4.52 Å². The Morgan fingerprint density at radius 3 is 2.94 bits per heavy atom. The molecule has 1 aromatic heterocycles. The van der Waals surface area contributed by atoms with E-state index < -0.39 is 10.0 Å². The van der Waals surface area contributed by atoms with E-state index in [1.807, 2.05) is 6.92 Å². The first-order chi connectivity index (χ1) is 8.54. The van der Waals surface area contributed by atoms with Crippen molar-refractivity contribution in [2.24, 2.45) is 0 Å². The summed E-state index contributed by atoms with van der Waals surface area (Å²) in [5.41, 5.74) is 0. The highest BCUT2D eigenvalue weighted by atomic mass is 32.2. The fourth-order valence-corrected chi connectivity index (χ4v) is 2.95. The zero-order chi connectivity index (χ0) is 13.2. The lowest BCUT2D eigenvalue weighted by Gasteiger charge is -2.09. The van der Waals surface area contributed by atoms with Gasteiger partial charge in [0.15, 0.2) is 5.82 Å². The van der Waals surface area contributed by atoms with Gasteiger partial charge in [-0.25, -0.2) is 13.1 Å². The highest BCUT2D eigenvalue weighted by molar-refractivity contribution is 7.92. The van der Waals surface area contributed by atoms with Crippen molar-refractivity contribution in [1.29, 1.82) is 0 Å². The molecule has 0 bridgehead atoms. The number of nitrogens with zero attached hydrogens (tertiary/aromatic N) is 2. The van der Waals surface area contributed by atoms with Crippen molar-refractivity contribution in [3.05, 3.63) is 23.7 Å². The fraction of sp³-hybridized carbons (Fsp3) is 0.636. The molecule has 1 heterocycles. The summed E-state index contributed by atoms with van der Waals surface area (Å²) in [5, 5.41) is 4.79. The van der Waals surface area contributed by atoms with Crippen molar-refractivity contribution in [3.63, 3.8) is 0 Å². The molecule has 1 fully saturated rings. The number of hydrogen-bond donors (Lipinski definition) is 1. The lowest BCUT2D eigenvalue weighted by molar-refractivity contribution is 0.349. The van der Waals surface area contributed by atoms with Crippen LogP contribution in [0.15, 0.2) is 16.5 Å². The lowest BCUT2D eigenvalue weighted by Crippen LogP contribution is -2.31. The van der Waals surface area contributed by atoms with E-state index in [1.165, 1.54) is 0 Å². The molecule has 18 heavy (non-hydrogen) atoms. The summed E-state index contributed by atoms with van der Waals surface area (Å²) < 4.78 is 30.5. The third-order valence-corrected chi connectivity index (χ3v) is 4.23. The molecule has 0 aliphatic heterocycles. The van der Waals surface area contributed by atoms with Crippen LogP contribution in [0.5, 0.6) is 0 Å². The van der Waals surface area contributed by atoms with Crippen molar-refractivity contribution < 1.29 is 12.9 Å². The smallest absolute Gasteiger partial charge is 0.233 e. The molecule has 1 aliphatic carbocycles. The van der Waals surface area contributed by atoms with Crippen LogP contribution in [-0.4, -0.2) is 24.6 Å². The van der Waals surface area contributed by atoms with E-state index in [0.29, 0.717) is 18.1 Å². The largest absolute Gasteiger partial charge is 0.339 e.